The van der Waals surface area contributed by atoms with Crippen LogP contribution in [0.25, 0.3) is 0 Å². The molecule has 1 aliphatic rings. The molecule has 1 saturated heterocycles. The van der Waals surface area contributed by atoms with Gasteiger partial charge in [0.15, 0.2) is 0 Å². The number of amides is 1. The van der Waals surface area contributed by atoms with Gasteiger partial charge in [-0.2, -0.15) is 0 Å². The van der Waals surface area contributed by atoms with E-state index in [1.165, 1.54) is 4.90 Å². The van der Waals surface area contributed by atoms with Crippen LogP contribution in [-0.4, -0.2) is 35.6 Å². The van der Waals surface area contributed by atoms with Gasteiger partial charge in [0, 0.05) is 31.7 Å². The number of rotatable bonds is 2. The first-order valence-corrected chi connectivity index (χ1v) is 5.47. The van der Waals surface area contributed by atoms with Gasteiger partial charge in [0.1, 0.15) is 11.6 Å². The average Bonchev–Trinajstić information content (AvgIpc) is 2.76. The van der Waals surface area contributed by atoms with Gasteiger partial charge in [0.25, 0.3) is 5.91 Å². The molecule has 17 heavy (non-hydrogen) atoms. The highest BCUT2D eigenvalue weighted by Gasteiger charge is 2.27. The number of hydrogen-bond donors (Lipinski definition) is 1. The van der Waals surface area contributed by atoms with Gasteiger partial charge < -0.3 is 10.0 Å². The molecule has 0 spiro atoms. The summed E-state index contributed by atoms with van der Waals surface area (Å²) in [7, 11) is 0. The highest BCUT2D eigenvalue weighted by molar-refractivity contribution is 5.94. The van der Waals surface area contributed by atoms with Gasteiger partial charge in [0.2, 0.25) is 0 Å². The minimum Gasteiger partial charge on any atom is -0.396 e. The molecule has 0 unspecified atom stereocenters. The number of aliphatic hydroxyl groups excluding tert-OH is 1. The normalized spacial score (nSPS) is 19.7. The summed E-state index contributed by atoms with van der Waals surface area (Å²) in [4.78, 5) is 13.4. The van der Waals surface area contributed by atoms with E-state index in [9.17, 15) is 13.6 Å². The molecule has 5 heteroatoms. The second kappa shape index (κ2) is 4.79. The second-order valence-corrected chi connectivity index (χ2v) is 4.21. The van der Waals surface area contributed by atoms with Crippen molar-refractivity contribution < 1.29 is 18.7 Å². The lowest BCUT2D eigenvalue weighted by Gasteiger charge is -2.16. The van der Waals surface area contributed by atoms with Crippen molar-refractivity contribution in [3.8, 4) is 0 Å². The van der Waals surface area contributed by atoms with E-state index in [4.69, 9.17) is 5.11 Å². The lowest BCUT2D eigenvalue weighted by atomic mass is 10.1. The van der Waals surface area contributed by atoms with Crippen LogP contribution in [-0.2, 0) is 0 Å². The Kier molecular flexibility index (Phi) is 3.38. The van der Waals surface area contributed by atoms with Crippen molar-refractivity contribution in [2.75, 3.05) is 19.7 Å². The summed E-state index contributed by atoms with van der Waals surface area (Å²) in [6, 6.07) is 2.92. The number of nitrogens with zero attached hydrogens (tertiary/aromatic N) is 1. The maximum absolute atomic E-state index is 13.4. The molecule has 3 nitrogen and oxygen atoms in total. The molecule has 0 radical (unpaired) electrons. The van der Waals surface area contributed by atoms with E-state index in [1.807, 2.05) is 0 Å². The molecule has 1 aromatic carbocycles. The molecule has 1 atom stereocenters. The zero-order valence-electron chi connectivity index (χ0n) is 9.20. The molecule has 1 N–H and O–H groups in total. The van der Waals surface area contributed by atoms with E-state index < -0.39 is 17.5 Å². The predicted octanol–water partition coefficient (Wildman–Crippen LogP) is 1.42. The van der Waals surface area contributed by atoms with E-state index in [0.29, 0.717) is 25.6 Å². The van der Waals surface area contributed by atoms with Crippen molar-refractivity contribution in [3.63, 3.8) is 0 Å². The van der Waals surface area contributed by atoms with Crippen LogP contribution in [0.2, 0.25) is 0 Å². The number of hydrogen-bond acceptors (Lipinski definition) is 2. The summed E-state index contributed by atoms with van der Waals surface area (Å²) in [5.41, 5.74) is -0.120. The SMILES string of the molecule is O=C(c1ccc(F)cc1F)N1CC[C@H](CO)C1. The fraction of sp³-hybridized carbons (Fsp3) is 0.417. The molecule has 0 aromatic heterocycles. The summed E-state index contributed by atoms with van der Waals surface area (Å²) < 4.78 is 26.1. The van der Waals surface area contributed by atoms with Crippen LogP contribution in [0.4, 0.5) is 8.78 Å². The highest BCUT2D eigenvalue weighted by atomic mass is 19.1. The molecule has 0 aliphatic carbocycles. The van der Waals surface area contributed by atoms with Crippen LogP contribution in [0.3, 0.4) is 0 Å². The zero-order chi connectivity index (χ0) is 12.4. The number of carbonyl (C=O) groups excluding carboxylic acids is 1. The molecule has 1 aliphatic heterocycles. The maximum Gasteiger partial charge on any atom is 0.256 e. The minimum atomic E-state index is -0.845. The van der Waals surface area contributed by atoms with Gasteiger partial charge in [-0.25, -0.2) is 8.78 Å². The van der Waals surface area contributed by atoms with E-state index in [0.717, 1.165) is 12.1 Å². The molecule has 0 bridgehead atoms. The second-order valence-electron chi connectivity index (χ2n) is 4.21. The monoisotopic (exact) mass is 241 g/mol. The van der Waals surface area contributed by atoms with Crippen LogP contribution in [0, 0.1) is 17.6 Å². The number of likely N-dealkylation sites (tertiary alicyclic amines) is 1. The van der Waals surface area contributed by atoms with Gasteiger partial charge in [-0.15, -0.1) is 0 Å². The van der Waals surface area contributed by atoms with Crippen molar-refractivity contribution >= 4 is 5.91 Å². The van der Waals surface area contributed by atoms with Gasteiger partial charge in [0.05, 0.1) is 5.56 Å². The van der Waals surface area contributed by atoms with E-state index >= 15 is 0 Å². The lowest BCUT2D eigenvalue weighted by Crippen LogP contribution is -2.29. The van der Waals surface area contributed by atoms with Gasteiger partial charge in [-0.1, -0.05) is 0 Å². The summed E-state index contributed by atoms with van der Waals surface area (Å²) in [5.74, 6) is -1.93. The Labute approximate surface area is 97.7 Å². The molecule has 1 amide bonds. The summed E-state index contributed by atoms with van der Waals surface area (Å²) >= 11 is 0. The molecule has 1 aromatic rings. The molecule has 2 rings (SSSR count). The van der Waals surface area contributed by atoms with E-state index in [-0.39, 0.29) is 18.1 Å². The predicted molar refractivity (Wildman–Crippen MR) is 57.5 cm³/mol. The lowest BCUT2D eigenvalue weighted by molar-refractivity contribution is 0.0777. The Morgan fingerprint density at radius 1 is 1.47 bits per heavy atom. The smallest absolute Gasteiger partial charge is 0.256 e. The largest absolute Gasteiger partial charge is 0.396 e. The standard InChI is InChI=1S/C12H13F2NO2/c13-9-1-2-10(11(14)5-9)12(17)15-4-3-8(6-15)7-16/h1-2,5,8,16H,3-4,6-7H2/t8-/m0/s1. The van der Waals surface area contributed by atoms with Crippen molar-refractivity contribution in [1.82, 2.24) is 4.90 Å². The highest BCUT2D eigenvalue weighted by Crippen LogP contribution is 2.19. The molecular formula is C12H13F2NO2. The van der Waals surface area contributed by atoms with Gasteiger partial charge >= 0.3 is 0 Å². The number of aliphatic hydroxyl groups is 1. The molecule has 1 fully saturated rings. The Bertz CT molecular complexity index is 437. The first-order valence-electron chi connectivity index (χ1n) is 5.47. The first kappa shape index (κ1) is 12.0. The number of halogens is 2. The van der Waals surface area contributed by atoms with Crippen molar-refractivity contribution in [1.29, 1.82) is 0 Å². The fourth-order valence-corrected chi connectivity index (χ4v) is 2.00. The van der Waals surface area contributed by atoms with Crippen molar-refractivity contribution in [2.24, 2.45) is 5.92 Å². The van der Waals surface area contributed by atoms with E-state index in [2.05, 4.69) is 0 Å². The summed E-state index contributed by atoms with van der Waals surface area (Å²) in [5, 5.41) is 8.97. The van der Waals surface area contributed by atoms with Crippen LogP contribution >= 0.6 is 0 Å². The number of benzene rings is 1. The fourth-order valence-electron chi connectivity index (χ4n) is 2.00. The van der Waals surface area contributed by atoms with Gasteiger partial charge in [-0.3, -0.25) is 4.79 Å². The molecule has 0 saturated carbocycles. The summed E-state index contributed by atoms with van der Waals surface area (Å²) in [6.07, 6.45) is 0.713. The number of carbonyl (C=O) groups is 1. The van der Waals surface area contributed by atoms with Crippen molar-refractivity contribution in [3.05, 3.63) is 35.4 Å². The Hall–Kier alpha value is -1.49. The van der Waals surface area contributed by atoms with Crippen LogP contribution in [0.1, 0.15) is 16.8 Å². The third kappa shape index (κ3) is 2.44. The van der Waals surface area contributed by atoms with Crippen LogP contribution in [0.5, 0.6) is 0 Å². The quantitative estimate of drug-likeness (QED) is 0.850. The van der Waals surface area contributed by atoms with Crippen molar-refractivity contribution in [2.45, 2.75) is 6.42 Å². The average molecular weight is 241 g/mol. The third-order valence-electron chi connectivity index (χ3n) is 2.99. The first-order chi connectivity index (χ1) is 8.11. The molecule has 92 valence electrons. The van der Waals surface area contributed by atoms with Crippen LogP contribution < -0.4 is 0 Å². The zero-order valence-corrected chi connectivity index (χ0v) is 9.20. The van der Waals surface area contributed by atoms with Gasteiger partial charge in [-0.05, 0) is 18.6 Å². The Morgan fingerprint density at radius 3 is 2.82 bits per heavy atom. The Morgan fingerprint density at radius 2 is 2.24 bits per heavy atom. The minimum absolute atomic E-state index is 0.0235. The summed E-state index contributed by atoms with van der Waals surface area (Å²) in [6.45, 7) is 0.947. The molecule has 1 heterocycles. The van der Waals surface area contributed by atoms with E-state index in [1.54, 1.807) is 0 Å². The third-order valence-corrected chi connectivity index (χ3v) is 2.99. The topological polar surface area (TPSA) is 40.5 Å². The molecular weight excluding hydrogens is 228 g/mol. The maximum atomic E-state index is 13.4. The Balaban J connectivity index is 2.15. The van der Waals surface area contributed by atoms with Crippen LogP contribution in [0.15, 0.2) is 18.2 Å².